The molecule has 1 heterocycles. The average Bonchev–Trinajstić information content (AvgIpc) is 2.99. The molecule has 7 heteroatoms. The SMILES string of the molecule is O=C(Cc1ccccc1[N+](=O)[O-])Nc1nc2c(s1)CCC2. The Hall–Kier alpha value is -2.28. The summed E-state index contributed by atoms with van der Waals surface area (Å²) in [5.41, 5.74) is 1.44. The molecule has 0 fully saturated rings. The van der Waals surface area contributed by atoms with Crippen molar-refractivity contribution < 1.29 is 9.72 Å². The Balaban J connectivity index is 1.70. The van der Waals surface area contributed by atoms with Gasteiger partial charge in [0.25, 0.3) is 5.69 Å². The quantitative estimate of drug-likeness (QED) is 0.695. The molecule has 0 atom stereocenters. The summed E-state index contributed by atoms with van der Waals surface area (Å²) >= 11 is 1.49. The number of aryl methyl sites for hydroxylation is 2. The number of fused-ring (bicyclic) bond motifs is 1. The number of thiazole rings is 1. The molecule has 0 radical (unpaired) electrons. The van der Waals surface area contributed by atoms with Crippen molar-refractivity contribution in [2.45, 2.75) is 25.7 Å². The molecule has 1 N–H and O–H groups in total. The summed E-state index contributed by atoms with van der Waals surface area (Å²) in [6.07, 6.45) is 3.08. The molecule has 108 valence electrons. The maximum Gasteiger partial charge on any atom is 0.273 e. The number of hydrogen-bond donors (Lipinski definition) is 1. The van der Waals surface area contributed by atoms with Crippen LogP contribution in [0.1, 0.15) is 22.6 Å². The third kappa shape index (κ3) is 2.92. The number of nitrogens with zero attached hydrogens (tertiary/aromatic N) is 2. The topological polar surface area (TPSA) is 85.1 Å². The Morgan fingerprint density at radius 3 is 2.95 bits per heavy atom. The summed E-state index contributed by atoms with van der Waals surface area (Å²) in [5, 5.41) is 14.2. The Morgan fingerprint density at radius 2 is 2.19 bits per heavy atom. The number of carbonyl (C=O) groups excluding carboxylic acids is 1. The van der Waals surface area contributed by atoms with Crippen molar-refractivity contribution in [3.63, 3.8) is 0 Å². The van der Waals surface area contributed by atoms with Crippen LogP contribution in [0.5, 0.6) is 0 Å². The standard InChI is InChI=1S/C14H13N3O3S/c18-13(8-9-4-1-2-6-11(9)17(19)20)16-14-15-10-5-3-7-12(10)21-14/h1-2,4,6H,3,5,7-8H2,(H,15,16,18). The Bertz CT molecular complexity index is 690. The normalized spacial score (nSPS) is 13.0. The summed E-state index contributed by atoms with van der Waals surface area (Å²) in [7, 11) is 0. The number of anilines is 1. The molecule has 0 bridgehead atoms. The van der Waals surface area contributed by atoms with Crippen LogP contribution in [-0.4, -0.2) is 15.8 Å². The first kappa shape index (κ1) is 13.7. The Morgan fingerprint density at radius 1 is 1.38 bits per heavy atom. The highest BCUT2D eigenvalue weighted by Crippen LogP contribution is 2.30. The fourth-order valence-corrected chi connectivity index (χ4v) is 3.48. The zero-order chi connectivity index (χ0) is 14.8. The molecule has 1 aliphatic carbocycles. The Labute approximate surface area is 125 Å². The van der Waals surface area contributed by atoms with Gasteiger partial charge >= 0.3 is 0 Å². The van der Waals surface area contributed by atoms with Gasteiger partial charge < -0.3 is 5.32 Å². The molecule has 2 aromatic rings. The fraction of sp³-hybridized carbons (Fsp3) is 0.286. The van der Waals surface area contributed by atoms with E-state index in [2.05, 4.69) is 10.3 Å². The first-order valence-corrected chi connectivity index (χ1v) is 7.46. The van der Waals surface area contributed by atoms with Crippen molar-refractivity contribution >= 4 is 28.1 Å². The second-order valence-electron chi connectivity index (χ2n) is 4.85. The molecule has 0 aliphatic heterocycles. The molecule has 1 aliphatic rings. The predicted molar refractivity (Wildman–Crippen MR) is 79.6 cm³/mol. The van der Waals surface area contributed by atoms with E-state index in [1.807, 2.05) is 0 Å². The summed E-state index contributed by atoms with van der Waals surface area (Å²) in [4.78, 5) is 28.1. The van der Waals surface area contributed by atoms with Crippen molar-refractivity contribution in [1.82, 2.24) is 4.98 Å². The zero-order valence-corrected chi connectivity index (χ0v) is 12.0. The maximum atomic E-state index is 12.0. The second kappa shape index (κ2) is 5.61. The van der Waals surface area contributed by atoms with Gasteiger partial charge in [-0.2, -0.15) is 0 Å². The third-order valence-corrected chi connectivity index (χ3v) is 4.45. The minimum atomic E-state index is -0.472. The van der Waals surface area contributed by atoms with Gasteiger partial charge in [-0.1, -0.05) is 18.2 Å². The van der Waals surface area contributed by atoms with Crippen LogP contribution in [0.15, 0.2) is 24.3 Å². The predicted octanol–water partition coefficient (Wildman–Crippen LogP) is 2.72. The maximum absolute atomic E-state index is 12.0. The van der Waals surface area contributed by atoms with Gasteiger partial charge in [-0.25, -0.2) is 4.98 Å². The third-order valence-electron chi connectivity index (χ3n) is 3.38. The summed E-state index contributed by atoms with van der Waals surface area (Å²) < 4.78 is 0. The van der Waals surface area contributed by atoms with Crippen LogP contribution in [0, 0.1) is 10.1 Å². The van der Waals surface area contributed by atoms with Gasteiger partial charge in [0.05, 0.1) is 17.0 Å². The van der Waals surface area contributed by atoms with Crippen LogP contribution < -0.4 is 5.32 Å². The molecule has 1 aromatic carbocycles. The number of nitrogens with one attached hydrogen (secondary N) is 1. The van der Waals surface area contributed by atoms with Crippen LogP contribution in [0.25, 0.3) is 0 Å². The number of carbonyl (C=O) groups is 1. The number of nitro groups is 1. The highest BCUT2D eigenvalue weighted by atomic mass is 32.1. The number of aromatic nitrogens is 1. The van der Waals surface area contributed by atoms with Crippen LogP contribution in [0.2, 0.25) is 0 Å². The summed E-state index contributed by atoms with van der Waals surface area (Å²) in [6, 6.07) is 6.28. The smallest absolute Gasteiger partial charge is 0.273 e. The van der Waals surface area contributed by atoms with E-state index < -0.39 is 4.92 Å². The summed E-state index contributed by atoms with van der Waals surface area (Å²) in [6.45, 7) is 0. The van der Waals surface area contributed by atoms with Gasteiger partial charge in [0, 0.05) is 16.5 Å². The molecule has 1 amide bonds. The van der Waals surface area contributed by atoms with E-state index in [0.717, 1.165) is 25.0 Å². The van der Waals surface area contributed by atoms with Gasteiger partial charge in [0.15, 0.2) is 5.13 Å². The fourth-order valence-electron chi connectivity index (χ4n) is 2.42. The van der Waals surface area contributed by atoms with Crippen molar-refractivity contribution in [3.05, 3.63) is 50.5 Å². The number of benzene rings is 1. The van der Waals surface area contributed by atoms with Crippen molar-refractivity contribution in [3.8, 4) is 0 Å². The largest absolute Gasteiger partial charge is 0.302 e. The minimum absolute atomic E-state index is 0.0264. The van der Waals surface area contributed by atoms with Gasteiger partial charge in [0.1, 0.15) is 0 Å². The molecule has 3 rings (SSSR count). The van der Waals surface area contributed by atoms with E-state index in [4.69, 9.17) is 0 Å². The van der Waals surface area contributed by atoms with E-state index in [9.17, 15) is 14.9 Å². The van der Waals surface area contributed by atoms with Crippen molar-refractivity contribution in [2.75, 3.05) is 5.32 Å². The molecule has 21 heavy (non-hydrogen) atoms. The van der Waals surface area contributed by atoms with E-state index in [0.29, 0.717) is 10.7 Å². The van der Waals surface area contributed by atoms with Crippen molar-refractivity contribution in [1.29, 1.82) is 0 Å². The van der Waals surface area contributed by atoms with Gasteiger partial charge in [-0.05, 0) is 19.3 Å². The first-order chi connectivity index (χ1) is 10.1. The summed E-state index contributed by atoms with van der Waals surface area (Å²) in [5.74, 6) is -0.281. The Kier molecular flexibility index (Phi) is 3.66. The molecule has 0 saturated carbocycles. The molecule has 0 spiro atoms. The molecule has 1 aromatic heterocycles. The molecule has 0 unspecified atom stereocenters. The number of amides is 1. The van der Waals surface area contributed by atoms with Crippen LogP contribution >= 0.6 is 11.3 Å². The lowest BCUT2D eigenvalue weighted by atomic mass is 10.1. The monoisotopic (exact) mass is 303 g/mol. The first-order valence-electron chi connectivity index (χ1n) is 6.64. The van der Waals surface area contributed by atoms with E-state index in [1.165, 1.54) is 22.3 Å². The lowest BCUT2D eigenvalue weighted by Crippen LogP contribution is -2.15. The van der Waals surface area contributed by atoms with E-state index in [1.54, 1.807) is 18.2 Å². The molecule has 6 nitrogen and oxygen atoms in total. The van der Waals surface area contributed by atoms with Crippen LogP contribution in [0.4, 0.5) is 10.8 Å². The number of hydrogen-bond acceptors (Lipinski definition) is 5. The van der Waals surface area contributed by atoms with Crippen molar-refractivity contribution in [2.24, 2.45) is 0 Å². The lowest BCUT2D eigenvalue weighted by Gasteiger charge is -2.03. The minimum Gasteiger partial charge on any atom is -0.302 e. The molecular formula is C14H13N3O3S. The lowest BCUT2D eigenvalue weighted by molar-refractivity contribution is -0.385. The van der Waals surface area contributed by atoms with E-state index in [-0.39, 0.29) is 18.0 Å². The van der Waals surface area contributed by atoms with Crippen LogP contribution in [-0.2, 0) is 24.1 Å². The van der Waals surface area contributed by atoms with Crippen LogP contribution in [0.3, 0.4) is 0 Å². The molecule has 0 saturated heterocycles. The van der Waals surface area contributed by atoms with Gasteiger partial charge in [0.2, 0.25) is 5.91 Å². The van der Waals surface area contributed by atoms with Gasteiger partial charge in [-0.3, -0.25) is 14.9 Å². The molecular weight excluding hydrogens is 290 g/mol. The highest BCUT2D eigenvalue weighted by Gasteiger charge is 2.19. The van der Waals surface area contributed by atoms with Gasteiger partial charge in [-0.15, -0.1) is 11.3 Å². The number of para-hydroxylation sites is 1. The zero-order valence-electron chi connectivity index (χ0n) is 11.2. The number of rotatable bonds is 4. The van der Waals surface area contributed by atoms with E-state index >= 15 is 0 Å². The highest BCUT2D eigenvalue weighted by molar-refractivity contribution is 7.15. The second-order valence-corrected chi connectivity index (χ2v) is 5.94. The number of nitro benzene ring substituents is 1. The average molecular weight is 303 g/mol.